The fraction of sp³-hybridized carbons (Fsp3) is 0.250. The third-order valence-electron chi connectivity index (χ3n) is 3.87. The van der Waals surface area contributed by atoms with Gasteiger partial charge in [-0.2, -0.15) is 0 Å². The minimum Gasteiger partial charge on any atom is -0.326 e. The summed E-state index contributed by atoms with van der Waals surface area (Å²) in [6.45, 7) is 3.85. The van der Waals surface area contributed by atoms with Crippen LogP contribution in [-0.4, -0.2) is 17.7 Å². The number of anilines is 1. The molecule has 0 aliphatic carbocycles. The molecule has 0 heterocycles. The molecule has 0 saturated heterocycles. The lowest BCUT2D eigenvalue weighted by molar-refractivity contribution is -0.116. The van der Waals surface area contributed by atoms with Crippen molar-refractivity contribution in [1.82, 2.24) is 10.9 Å². The van der Waals surface area contributed by atoms with E-state index in [-0.39, 0.29) is 11.8 Å². The lowest BCUT2D eigenvalue weighted by Gasteiger charge is -2.10. The van der Waals surface area contributed by atoms with E-state index >= 15 is 0 Å². The highest BCUT2D eigenvalue weighted by molar-refractivity contribution is 6.00. The Bertz CT molecular complexity index is 785. The molecule has 0 unspecified atom stereocenters. The van der Waals surface area contributed by atoms with Crippen molar-refractivity contribution >= 4 is 23.4 Å². The molecule has 6 nitrogen and oxygen atoms in total. The van der Waals surface area contributed by atoms with Crippen molar-refractivity contribution < 1.29 is 14.4 Å². The van der Waals surface area contributed by atoms with Gasteiger partial charge < -0.3 is 5.32 Å². The minimum absolute atomic E-state index is 0.0467. The van der Waals surface area contributed by atoms with Crippen LogP contribution in [0.2, 0.25) is 0 Å². The number of unbranched alkanes of at least 4 members (excludes halogenated alkanes) is 1. The number of nitrogens with one attached hydrogen (secondary N) is 3. The second-order valence-corrected chi connectivity index (χ2v) is 5.95. The Kier molecular flexibility index (Phi) is 6.91. The van der Waals surface area contributed by atoms with E-state index in [9.17, 15) is 14.4 Å². The van der Waals surface area contributed by atoms with Crippen molar-refractivity contribution in [2.24, 2.45) is 0 Å². The Morgan fingerprint density at radius 3 is 2.19 bits per heavy atom. The van der Waals surface area contributed by atoms with Crippen LogP contribution in [0.3, 0.4) is 0 Å². The maximum absolute atomic E-state index is 12.1. The first-order valence-electron chi connectivity index (χ1n) is 8.57. The average molecular weight is 353 g/mol. The normalized spacial score (nSPS) is 10.1. The van der Waals surface area contributed by atoms with Crippen LogP contribution in [0, 0.1) is 6.92 Å². The Morgan fingerprint density at radius 2 is 1.54 bits per heavy atom. The molecule has 0 aliphatic rings. The number of hydrogen-bond acceptors (Lipinski definition) is 3. The first-order valence-corrected chi connectivity index (χ1v) is 8.57. The molecule has 2 aromatic rings. The van der Waals surface area contributed by atoms with Gasteiger partial charge in [0.1, 0.15) is 0 Å². The number of amides is 3. The summed E-state index contributed by atoms with van der Waals surface area (Å²) < 4.78 is 0. The molecule has 0 spiro atoms. The summed E-state index contributed by atoms with van der Waals surface area (Å²) in [7, 11) is 0. The molecule has 0 fully saturated rings. The van der Waals surface area contributed by atoms with Crippen LogP contribution in [0.1, 0.15) is 52.5 Å². The summed E-state index contributed by atoms with van der Waals surface area (Å²) in [4.78, 5) is 35.9. The second kappa shape index (κ2) is 9.36. The summed E-state index contributed by atoms with van der Waals surface area (Å²) in [6, 6.07) is 13.6. The van der Waals surface area contributed by atoms with E-state index in [1.54, 1.807) is 36.4 Å². The van der Waals surface area contributed by atoms with Crippen molar-refractivity contribution in [3.63, 3.8) is 0 Å². The van der Waals surface area contributed by atoms with Gasteiger partial charge in [0, 0.05) is 23.2 Å². The van der Waals surface area contributed by atoms with Crippen molar-refractivity contribution in [3.8, 4) is 0 Å². The molecule has 0 radical (unpaired) electrons. The van der Waals surface area contributed by atoms with Gasteiger partial charge in [-0.3, -0.25) is 25.2 Å². The van der Waals surface area contributed by atoms with Gasteiger partial charge in [-0.15, -0.1) is 0 Å². The summed E-state index contributed by atoms with van der Waals surface area (Å²) in [5.41, 5.74) is 7.11. The quantitative estimate of drug-likeness (QED) is 0.697. The number of carbonyl (C=O) groups is 3. The minimum atomic E-state index is -0.434. The smallest absolute Gasteiger partial charge is 0.269 e. The van der Waals surface area contributed by atoms with Crippen LogP contribution in [0.25, 0.3) is 0 Å². The molecule has 0 aromatic heterocycles. The van der Waals surface area contributed by atoms with E-state index < -0.39 is 5.91 Å². The summed E-state index contributed by atoms with van der Waals surface area (Å²) in [5.74, 6) is -0.860. The monoisotopic (exact) mass is 353 g/mol. The van der Waals surface area contributed by atoms with Gasteiger partial charge >= 0.3 is 0 Å². The van der Waals surface area contributed by atoms with E-state index in [2.05, 4.69) is 16.2 Å². The second-order valence-electron chi connectivity index (χ2n) is 5.95. The van der Waals surface area contributed by atoms with Crippen molar-refractivity contribution in [3.05, 3.63) is 65.2 Å². The van der Waals surface area contributed by atoms with Crippen LogP contribution in [0.5, 0.6) is 0 Å². The molecule has 0 bridgehead atoms. The summed E-state index contributed by atoms with van der Waals surface area (Å²) in [5, 5.41) is 2.78. The van der Waals surface area contributed by atoms with Gasteiger partial charge in [0.2, 0.25) is 5.91 Å². The molecule has 26 heavy (non-hydrogen) atoms. The molecule has 3 N–H and O–H groups in total. The molecule has 3 amide bonds. The molecule has 0 atom stereocenters. The number of hydrazine groups is 1. The lowest BCUT2D eigenvalue weighted by atomic mass is 10.1. The predicted molar refractivity (Wildman–Crippen MR) is 101 cm³/mol. The molecule has 0 saturated carbocycles. The van der Waals surface area contributed by atoms with Crippen molar-refractivity contribution in [2.75, 3.05) is 5.32 Å². The number of aryl methyl sites for hydroxylation is 1. The van der Waals surface area contributed by atoms with E-state index in [4.69, 9.17) is 0 Å². The average Bonchev–Trinajstić information content (AvgIpc) is 2.65. The molecule has 0 aliphatic heterocycles. The topological polar surface area (TPSA) is 87.3 Å². The maximum atomic E-state index is 12.1. The van der Waals surface area contributed by atoms with Crippen molar-refractivity contribution in [1.29, 1.82) is 0 Å². The molecular weight excluding hydrogens is 330 g/mol. The molecule has 136 valence electrons. The van der Waals surface area contributed by atoms with E-state index in [0.29, 0.717) is 23.2 Å². The van der Waals surface area contributed by atoms with E-state index in [1.165, 1.54) is 0 Å². The zero-order chi connectivity index (χ0) is 18.9. The van der Waals surface area contributed by atoms with Gasteiger partial charge in [0.25, 0.3) is 11.8 Å². The lowest BCUT2D eigenvalue weighted by Crippen LogP contribution is -2.41. The Labute approximate surface area is 153 Å². The van der Waals surface area contributed by atoms with Gasteiger partial charge in [-0.25, -0.2) is 0 Å². The number of carbonyl (C=O) groups excluding carboxylic acids is 3. The Morgan fingerprint density at radius 1 is 0.885 bits per heavy atom. The number of benzene rings is 2. The molecular formula is C20H23N3O3. The van der Waals surface area contributed by atoms with Gasteiger partial charge in [0.15, 0.2) is 0 Å². The zero-order valence-corrected chi connectivity index (χ0v) is 15.0. The zero-order valence-electron chi connectivity index (χ0n) is 15.0. The highest BCUT2D eigenvalue weighted by atomic mass is 16.2. The predicted octanol–water partition coefficient (Wildman–Crippen LogP) is 3.20. The third kappa shape index (κ3) is 5.44. The summed E-state index contributed by atoms with van der Waals surface area (Å²) >= 11 is 0. The van der Waals surface area contributed by atoms with Crippen LogP contribution >= 0.6 is 0 Å². The van der Waals surface area contributed by atoms with Crippen LogP contribution in [0.15, 0.2) is 48.5 Å². The number of hydrogen-bond donors (Lipinski definition) is 3. The molecule has 2 rings (SSSR count). The third-order valence-corrected chi connectivity index (χ3v) is 3.87. The molecule has 2 aromatic carbocycles. The Balaban J connectivity index is 1.89. The fourth-order valence-corrected chi connectivity index (χ4v) is 2.35. The largest absolute Gasteiger partial charge is 0.326 e. The number of rotatable bonds is 6. The highest BCUT2D eigenvalue weighted by Crippen LogP contribution is 2.11. The van der Waals surface area contributed by atoms with Crippen molar-refractivity contribution in [2.45, 2.75) is 33.1 Å². The fourth-order valence-electron chi connectivity index (χ4n) is 2.35. The van der Waals surface area contributed by atoms with Crippen LogP contribution in [0.4, 0.5) is 5.69 Å². The first-order chi connectivity index (χ1) is 12.5. The van der Waals surface area contributed by atoms with Crippen LogP contribution in [-0.2, 0) is 4.79 Å². The Hall–Kier alpha value is -3.15. The standard InChI is InChI=1S/C20H23N3O3/c1-3-4-9-18(24)21-16-12-10-15(11-13-16)19(25)22-23-20(26)17-8-6-5-7-14(17)2/h5-8,10-13H,3-4,9H2,1-2H3,(H,21,24)(H,22,25)(H,23,26). The van der Waals surface area contributed by atoms with Gasteiger partial charge in [-0.05, 0) is 49.2 Å². The van der Waals surface area contributed by atoms with Gasteiger partial charge in [0.05, 0.1) is 0 Å². The first kappa shape index (κ1) is 19.2. The summed E-state index contributed by atoms with van der Waals surface area (Å²) in [6.07, 6.45) is 2.28. The van der Waals surface area contributed by atoms with Gasteiger partial charge in [-0.1, -0.05) is 31.5 Å². The SMILES string of the molecule is CCCCC(=O)Nc1ccc(C(=O)NNC(=O)c2ccccc2C)cc1. The van der Waals surface area contributed by atoms with Crippen LogP contribution < -0.4 is 16.2 Å². The highest BCUT2D eigenvalue weighted by Gasteiger charge is 2.11. The molecule has 6 heteroatoms. The van der Waals surface area contributed by atoms with E-state index in [1.807, 2.05) is 26.0 Å². The maximum Gasteiger partial charge on any atom is 0.269 e. The van der Waals surface area contributed by atoms with E-state index in [0.717, 1.165) is 18.4 Å².